The molecule has 1 atom stereocenters. The second-order valence-corrected chi connectivity index (χ2v) is 21.3. The van der Waals surface area contributed by atoms with E-state index in [0.29, 0.717) is 26.2 Å². The van der Waals surface area contributed by atoms with Gasteiger partial charge in [0.25, 0.3) is 0 Å². The molecule has 0 radical (unpaired) electrons. The maximum Gasteiger partial charge on any atom is 0.0364 e. The Hall–Kier alpha value is -3.46. The van der Waals surface area contributed by atoms with Crippen LogP contribution in [0.25, 0.3) is 0 Å². The molecule has 0 bridgehead atoms. The average molecular weight is 1050 g/mol. The van der Waals surface area contributed by atoms with E-state index >= 15 is 0 Å². The first-order chi connectivity index (χ1) is 36.3. The lowest BCUT2D eigenvalue weighted by Crippen LogP contribution is -2.56. The van der Waals surface area contributed by atoms with Crippen molar-refractivity contribution >= 4 is 17.1 Å². The first-order valence-corrected chi connectivity index (χ1v) is 29.0. The number of anilines is 3. The van der Waals surface area contributed by atoms with E-state index in [4.69, 9.17) is 28.7 Å². The Morgan fingerprint density at radius 2 is 0.827 bits per heavy atom. The van der Waals surface area contributed by atoms with E-state index in [1.54, 1.807) is 0 Å². The van der Waals surface area contributed by atoms with Crippen molar-refractivity contribution in [2.75, 3.05) is 207 Å². The first kappa shape index (κ1) is 65.8. The Morgan fingerprint density at radius 3 is 1.23 bits per heavy atom. The molecule has 16 nitrogen and oxygen atoms in total. The molecule has 428 valence electrons. The SMILES string of the molecule is CCCC(N)(CC)CNCCN(CCN(CCN)CCNCCN(C)c1ccc(C(c2ccc(N(C)C)cc2)c2ccc(N(C)C)cc2)cc1)CCN(CCNCCN)CCNCCN(CCN)C(CC)(CC)CN. The van der Waals surface area contributed by atoms with Gasteiger partial charge in [-0.2, -0.15) is 0 Å². The van der Waals surface area contributed by atoms with Crippen LogP contribution in [0.3, 0.4) is 0 Å². The van der Waals surface area contributed by atoms with Crippen molar-refractivity contribution < 1.29 is 0 Å². The predicted octanol–water partition coefficient (Wildman–Crippen LogP) is 3.30. The van der Waals surface area contributed by atoms with Crippen LogP contribution < -0.4 is 64.6 Å². The standard InChI is InChI=1S/C59H112N16/c1-10-26-58(64,11-2)50-68-35-43-74(48-46-73(41-32-65-30-27-60)42-34-67-36-44-75(38-29-62)59(12-3,13-4)49-63)47-45-72(37-28-61)40-33-66-31-39-71(9)56-24-18-53(19-25-56)57(51-14-20-54(21-15-51)69(5)6)52-16-22-55(23-17-52)70(7)8/h14-25,57,65-68H,10-13,26-50,60-64H2,1-9H3. The molecule has 0 heterocycles. The minimum Gasteiger partial charge on any atom is -0.378 e. The third-order valence-corrected chi connectivity index (χ3v) is 15.7. The fourth-order valence-electron chi connectivity index (χ4n) is 10.3. The largest absolute Gasteiger partial charge is 0.378 e. The topological polar surface area (TPSA) is 201 Å². The number of benzene rings is 3. The van der Waals surface area contributed by atoms with Gasteiger partial charge in [0.15, 0.2) is 0 Å². The summed E-state index contributed by atoms with van der Waals surface area (Å²) in [5.41, 5.74) is 38.6. The number of hydrogen-bond donors (Lipinski definition) is 9. The number of hydrogen-bond acceptors (Lipinski definition) is 16. The van der Waals surface area contributed by atoms with E-state index < -0.39 is 0 Å². The highest BCUT2D eigenvalue weighted by Crippen LogP contribution is 2.35. The lowest BCUT2D eigenvalue weighted by molar-refractivity contribution is 0.0886. The molecule has 0 fully saturated rings. The Balaban J connectivity index is 1.61. The second kappa shape index (κ2) is 37.4. The van der Waals surface area contributed by atoms with Crippen molar-refractivity contribution in [3.63, 3.8) is 0 Å². The lowest BCUT2D eigenvalue weighted by atomic mass is 9.85. The van der Waals surface area contributed by atoms with E-state index in [-0.39, 0.29) is 17.0 Å². The summed E-state index contributed by atoms with van der Waals surface area (Å²) in [5, 5.41) is 14.8. The van der Waals surface area contributed by atoms with Crippen molar-refractivity contribution in [2.24, 2.45) is 28.7 Å². The summed E-state index contributed by atoms with van der Waals surface area (Å²) in [6.45, 7) is 30.0. The molecule has 0 spiro atoms. The zero-order chi connectivity index (χ0) is 54.9. The van der Waals surface area contributed by atoms with Gasteiger partial charge < -0.3 is 64.6 Å². The summed E-state index contributed by atoms with van der Waals surface area (Å²) in [6.07, 6.45) is 5.16. The second-order valence-electron chi connectivity index (χ2n) is 21.3. The fraction of sp³-hybridized carbons (Fsp3) is 0.695. The molecule has 0 saturated carbocycles. The highest BCUT2D eigenvalue weighted by molar-refractivity contribution is 5.55. The van der Waals surface area contributed by atoms with Crippen molar-refractivity contribution in [1.29, 1.82) is 0 Å². The molecule has 0 saturated heterocycles. The molecule has 14 N–H and O–H groups in total. The van der Waals surface area contributed by atoms with Crippen molar-refractivity contribution in [1.82, 2.24) is 40.9 Å². The molecule has 0 aliphatic rings. The zero-order valence-corrected chi connectivity index (χ0v) is 49.0. The number of rotatable bonds is 45. The number of nitrogens with two attached hydrogens (primary N) is 5. The van der Waals surface area contributed by atoms with Gasteiger partial charge in [-0.15, -0.1) is 0 Å². The highest BCUT2D eigenvalue weighted by Gasteiger charge is 2.31. The number of nitrogens with zero attached hydrogens (tertiary/aromatic N) is 7. The third kappa shape index (κ3) is 23.6. The fourth-order valence-corrected chi connectivity index (χ4v) is 10.3. The molecule has 1 unspecified atom stereocenters. The molecule has 16 heteroatoms. The van der Waals surface area contributed by atoms with E-state index in [1.165, 1.54) is 33.8 Å². The minimum absolute atomic E-state index is 0.00736. The van der Waals surface area contributed by atoms with Crippen molar-refractivity contribution in [3.05, 3.63) is 89.5 Å². The lowest BCUT2D eigenvalue weighted by Gasteiger charge is -2.42. The Morgan fingerprint density at radius 1 is 0.427 bits per heavy atom. The van der Waals surface area contributed by atoms with Gasteiger partial charge in [0.2, 0.25) is 0 Å². The van der Waals surface area contributed by atoms with Crippen LogP contribution in [-0.4, -0.2) is 223 Å². The van der Waals surface area contributed by atoms with E-state index in [1.807, 2.05) is 0 Å². The summed E-state index contributed by atoms with van der Waals surface area (Å²) in [7, 11) is 10.5. The Bertz CT molecular complexity index is 1780. The molecule has 0 aliphatic heterocycles. The smallest absolute Gasteiger partial charge is 0.0364 e. The quantitative estimate of drug-likeness (QED) is 0.0295. The summed E-state index contributed by atoms with van der Waals surface area (Å²) >= 11 is 0. The third-order valence-electron chi connectivity index (χ3n) is 15.7. The normalized spacial score (nSPS) is 13.0. The molecular formula is C59H112N16. The van der Waals surface area contributed by atoms with Crippen LogP contribution in [0.5, 0.6) is 0 Å². The van der Waals surface area contributed by atoms with Crippen LogP contribution in [0.2, 0.25) is 0 Å². The van der Waals surface area contributed by atoms with Gasteiger partial charge in [0, 0.05) is 226 Å². The molecular weight excluding hydrogens is 933 g/mol. The van der Waals surface area contributed by atoms with E-state index in [0.717, 1.165) is 163 Å². The molecule has 75 heavy (non-hydrogen) atoms. The summed E-state index contributed by atoms with van der Waals surface area (Å²) in [4.78, 5) is 16.9. The Kier molecular flexibility index (Phi) is 32.8. The maximum absolute atomic E-state index is 6.81. The molecule has 3 aromatic carbocycles. The number of nitrogens with one attached hydrogen (secondary N) is 4. The van der Waals surface area contributed by atoms with E-state index in [9.17, 15) is 0 Å². The predicted molar refractivity (Wildman–Crippen MR) is 326 cm³/mol. The van der Waals surface area contributed by atoms with Gasteiger partial charge in [0.1, 0.15) is 0 Å². The maximum atomic E-state index is 6.81. The summed E-state index contributed by atoms with van der Waals surface area (Å²) < 4.78 is 0. The molecule has 0 aliphatic carbocycles. The van der Waals surface area contributed by atoms with Crippen LogP contribution in [0.4, 0.5) is 17.1 Å². The molecule has 3 aromatic rings. The van der Waals surface area contributed by atoms with Gasteiger partial charge in [-0.05, 0) is 78.8 Å². The van der Waals surface area contributed by atoms with Gasteiger partial charge in [-0.1, -0.05) is 70.5 Å². The molecule has 0 amide bonds. The van der Waals surface area contributed by atoms with Crippen molar-refractivity contribution in [3.8, 4) is 0 Å². The highest BCUT2D eigenvalue weighted by atomic mass is 15.3. The zero-order valence-electron chi connectivity index (χ0n) is 49.0. The van der Waals surface area contributed by atoms with Crippen LogP contribution in [0, 0.1) is 0 Å². The minimum atomic E-state index is -0.159. The van der Waals surface area contributed by atoms with Gasteiger partial charge in [0.05, 0.1) is 0 Å². The summed E-state index contributed by atoms with van der Waals surface area (Å²) in [5.74, 6) is 0.136. The van der Waals surface area contributed by atoms with Crippen LogP contribution >= 0.6 is 0 Å². The van der Waals surface area contributed by atoms with Crippen LogP contribution in [0.1, 0.15) is 82.4 Å². The van der Waals surface area contributed by atoms with Gasteiger partial charge in [-0.3, -0.25) is 19.6 Å². The average Bonchev–Trinajstić information content (AvgIpc) is 3.42. The van der Waals surface area contributed by atoms with E-state index in [2.05, 4.69) is 191 Å². The number of likely N-dealkylation sites (N-methyl/N-ethyl adjacent to an activating group) is 1. The first-order valence-electron chi connectivity index (χ1n) is 29.0. The summed E-state index contributed by atoms with van der Waals surface area (Å²) in [6, 6.07) is 27.1. The Labute approximate surface area is 458 Å². The van der Waals surface area contributed by atoms with Crippen LogP contribution in [0.15, 0.2) is 72.8 Å². The van der Waals surface area contributed by atoms with Crippen LogP contribution in [-0.2, 0) is 0 Å². The van der Waals surface area contributed by atoms with Gasteiger partial charge >= 0.3 is 0 Å². The molecule has 0 aromatic heterocycles. The molecule has 3 rings (SSSR count). The van der Waals surface area contributed by atoms with Gasteiger partial charge in [-0.25, -0.2) is 0 Å². The van der Waals surface area contributed by atoms with Crippen molar-refractivity contribution in [2.45, 2.75) is 76.8 Å². The monoisotopic (exact) mass is 1040 g/mol.